The molecule has 1 N–H and O–H groups in total. The molecular formula is C21H24N2O3. The largest absolute Gasteiger partial charge is 0.494 e. The highest BCUT2D eigenvalue weighted by Gasteiger charge is 2.20. The third-order valence-corrected chi connectivity index (χ3v) is 4.35. The van der Waals surface area contributed by atoms with Crippen molar-refractivity contribution in [3.63, 3.8) is 0 Å². The Balaban J connectivity index is 1.42. The topological polar surface area (TPSA) is 58.6 Å². The van der Waals surface area contributed by atoms with Gasteiger partial charge in [0.15, 0.2) is 0 Å². The van der Waals surface area contributed by atoms with E-state index in [-0.39, 0.29) is 11.8 Å². The molecule has 0 radical (unpaired) electrons. The molecule has 5 nitrogen and oxygen atoms in total. The van der Waals surface area contributed by atoms with E-state index < -0.39 is 0 Å². The van der Waals surface area contributed by atoms with Crippen molar-refractivity contribution in [3.8, 4) is 5.75 Å². The van der Waals surface area contributed by atoms with E-state index in [1.54, 1.807) is 6.07 Å². The van der Waals surface area contributed by atoms with Gasteiger partial charge in [-0.15, -0.1) is 0 Å². The second kappa shape index (κ2) is 9.04. The lowest BCUT2D eigenvalue weighted by Gasteiger charge is -2.16. The molecule has 0 atom stereocenters. The van der Waals surface area contributed by atoms with E-state index in [2.05, 4.69) is 5.32 Å². The molecule has 5 heteroatoms. The highest BCUT2D eigenvalue weighted by Crippen LogP contribution is 2.15. The van der Waals surface area contributed by atoms with E-state index in [1.165, 1.54) is 0 Å². The van der Waals surface area contributed by atoms with Crippen molar-refractivity contribution in [2.45, 2.75) is 25.8 Å². The zero-order chi connectivity index (χ0) is 18.2. The fourth-order valence-corrected chi connectivity index (χ4v) is 2.99. The van der Waals surface area contributed by atoms with Crippen LogP contribution in [0.2, 0.25) is 0 Å². The minimum atomic E-state index is -0.0979. The van der Waals surface area contributed by atoms with Gasteiger partial charge in [-0.3, -0.25) is 9.59 Å². The monoisotopic (exact) mass is 352 g/mol. The summed E-state index contributed by atoms with van der Waals surface area (Å²) >= 11 is 0. The van der Waals surface area contributed by atoms with Crippen LogP contribution >= 0.6 is 0 Å². The summed E-state index contributed by atoms with van der Waals surface area (Å²) in [5.74, 6) is 0.931. The van der Waals surface area contributed by atoms with Gasteiger partial charge >= 0.3 is 0 Å². The van der Waals surface area contributed by atoms with Crippen LogP contribution in [-0.2, 0) is 11.3 Å². The average molecular weight is 352 g/mol. The van der Waals surface area contributed by atoms with Crippen LogP contribution in [-0.4, -0.2) is 36.4 Å². The van der Waals surface area contributed by atoms with Crippen LogP contribution in [0, 0.1) is 0 Å². The first-order valence-electron chi connectivity index (χ1n) is 9.05. The molecule has 1 saturated heterocycles. The summed E-state index contributed by atoms with van der Waals surface area (Å²) in [5, 5.41) is 2.92. The maximum atomic E-state index is 12.3. The minimum absolute atomic E-state index is 0.0979. The molecule has 1 aliphatic heterocycles. The number of benzene rings is 2. The van der Waals surface area contributed by atoms with Gasteiger partial charge in [-0.2, -0.15) is 0 Å². The summed E-state index contributed by atoms with van der Waals surface area (Å²) < 4.78 is 5.61. The summed E-state index contributed by atoms with van der Waals surface area (Å²) in [7, 11) is 0. The molecule has 2 aromatic rings. The number of rotatable bonds is 8. The Hall–Kier alpha value is -2.82. The normalized spacial score (nSPS) is 13.7. The summed E-state index contributed by atoms with van der Waals surface area (Å²) in [6.45, 7) is 2.49. The molecule has 0 unspecified atom stereocenters. The zero-order valence-corrected chi connectivity index (χ0v) is 14.8. The number of hydrogen-bond acceptors (Lipinski definition) is 3. The van der Waals surface area contributed by atoms with Gasteiger partial charge in [-0.1, -0.05) is 30.3 Å². The third kappa shape index (κ3) is 5.09. The molecular weight excluding hydrogens is 328 g/mol. The lowest BCUT2D eigenvalue weighted by atomic mass is 10.1. The van der Waals surface area contributed by atoms with E-state index in [0.717, 1.165) is 30.7 Å². The molecule has 136 valence electrons. The first-order valence-corrected chi connectivity index (χ1v) is 9.05. The zero-order valence-electron chi connectivity index (χ0n) is 14.8. The smallest absolute Gasteiger partial charge is 0.251 e. The van der Waals surface area contributed by atoms with Gasteiger partial charge in [0.05, 0.1) is 6.61 Å². The van der Waals surface area contributed by atoms with E-state index in [1.807, 2.05) is 53.4 Å². The van der Waals surface area contributed by atoms with Gasteiger partial charge in [0.1, 0.15) is 5.75 Å². The van der Waals surface area contributed by atoms with Crippen LogP contribution in [0.25, 0.3) is 0 Å². The summed E-state index contributed by atoms with van der Waals surface area (Å²) in [5.41, 5.74) is 1.61. The number of nitrogens with zero attached hydrogens (tertiary/aromatic N) is 1. The molecule has 0 aromatic heterocycles. The Morgan fingerprint density at radius 3 is 2.73 bits per heavy atom. The van der Waals surface area contributed by atoms with Gasteiger partial charge in [0.25, 0.3) is 5.91 Å². The molecule has 0 saturated carbocycles. The lowest BCUT2D eigenvalue weighted by Crippen LogP contribution is -2.26. The predicted octanol–water partition coefficient (Wildman–Crippen LogP) is 3.01. The third-order valence-electron chi connectivity index (χ3n) is 4.35. The number of ether oxygens (including phenoxy) is 1. The number of hydrogen-bond donors (Lipinski definition) is 1. The number of carbonyl (C=O) groups excluding carboxylic acids is 2. The highest BCUT2D eigenvalue weighted by molar-refractivity contribution is 5.94. The van der Waals surface area contributed by atoms with Crippen molar-refractivity contribution in [2.75, 3.05) is 19.7 Å². The van der Waals surface area contributed by atoms with Crippen LogP contribution in [0.4, 0.5) is 0 Å². The van der Waals surface area contributed by atoms with Crippen LogP contribution < -0.4 is 10.1 Å². The molecule has 0 bridgehead atoms. The summed E-state index contributed by atoms with van der Waals surface area (Å²) in [6, 6.07) is 17.1. The van der Waals surface area contributed by atoms with Gasteiger partial charge in [0, 0.05) is 31.6 Å². The summed E-state index contributed by atoms with van der Waals surface area (Å²) in [4.78, 5) is 25.9. The minimum Gasteiger partial charge on any atom is -0.494 e. The fraction of sp³-hybridized carbons (Fsp3) is 0.333. The second-order valence-corrected chi connectivity index (χ2v) is 6.39. The molecule has 3 rings (SSSR count). The molecule has 0 spiro atoms. The Kier molecular flexibility index (Phi) is 6.25. The Morgan fingerprint density at radius 1 is 1.12 bits per heavy atom. The SMILES string of the molecule is O=C(NCCCOc1ccccc1)c1cccc(CN2CCCC2=O)c1. The van der Waals surface area contributed by atoms with E-state index >= 15 is 0 Å². The number of carbonyl (C=O) groups is 2. The molecule has 2 amide bonds. The molecule has 1 aliphatic rings. The highest BCUT2D eigenvalue weighted by atomic mass is 16.5. The summed E-state index contributed by atoms with van der Waals surface area (Å²) in [6.07, 6.45) is 2.29. The maximum Gasteiger partial charge on any atom is 0.251 e. The Morgan fingerprint density at radius 2 is 1.96 bits per heavy atom. The number of para-hydroxylation sites is 1. The Bertz CT molecular complexity index is 746. The lowest BCUT2D eigenvalue weighted by molar-refractivity contribution is -0.128. The van der Waals surface area contributed by atoms with Crippen molar-refractivity contribution in [1.29, 1.82) is 0 Å². The molecule has 1 fully saturated rings. The van der Waals surface area contributed by atoms with Crippen molar-refractivity contribution < 1.29 is 14.3 Å². The quantitative estimate of drug-likeness (QED) is 0.743. The van der Waals surface area contributed by atoms with Crippen molar-refractivity contribution in [2.24, 2.45) is 0 Å². The fourth-order valence-electron chi connectivity index (χ4n) is 2.99. The molecule has 26 heavy (non-hydrogen) atoms. The van der Waals surface area contributed by atoms with Crippen molar-refractivity contribution >= 4 is 11.8 Å². The van der Waals surface area contributed by atoms with Crippen LogP contribution in [0.3, 0.4) is 0 Å². The van der Waals surface area contributed by atoms with Gasteiger partial charge in [-0.05, 0) is 42.7 Å². The van der Waals surface area contributed by atoms with Crippen LogP contribution in [0.1, 0.15) is 35.2 Å². The number of amides is 2. The van der Waals surface area contributed by atoms with Crippen molar-refractivity contribution in [3.05, 3.63) is 65.7 Å². The standard InChI is InChI=1S/C21H24N2O3/c24-20-11-5-13-23(20)16-17-7-4-8-18(15-17)21(25)22-12-6-14-26-19-9-2-1-3-10-19/h1-4,7-10,15H,5-6,11-14,16H2,(H,22,25). The van der Waals surface area contributed by atoms with Crippen LogP contribution in [0.15, 0.2) is 54.6 Å². The second-order valence-electron chi connectivity index (χ2n) is 6.39. The van der Waals surface area contributed by atoms with Gasteiger partial charge in [-0.25, -0.2) is 0 Å². The van der Waals surface area contributed by atoms with E-state index in [9.17, 15) is 9.59 Å². The van der Waals surface area contributed by atoms with Gasteiger partial charge in [0.2, 0.25) is 5.91 Å². The molecule has 0 aliphatic carbocycles. The first kappa shape index (κ1) is 18.0. The number of nitrogens with one attached hydrogen (secondary N) is 1. The Labute approximate surface area is 154 Å². The predicted molar refractivity (Wildman–Crippen MR) is 100.0 cm³/mol. The van der Waals surface area contributed by atoms with E-state index in [4.69, 9.17) is 4.74 Å². The van der Waals surface area contributed by atoms with Crippen molar-refractivity contribution in [1.82, 2.24) is 10.2 Å². The maximum absolute atomic E-state index is 12.3. The average Bonchev–Trinajstić information content (AvgIpc) is 3.07. The van der Waals surface area contributed by atoms with E-state index in [0.29, 0.717) is 31.7 Å². The first-order chi connectivity index (χ1) is 12.7. The molecule has 2 aromatic carbocycles. The number of likely N-dealkylation sites (tertiary alicyclic amines) is 1. The van der Waals surface area contributed by atoms with Crippen LogP contribution in [0.5, 0.6) is 5.75 Å². The molecule has 1 heterocycles. The van der Waals surface area contributed by atoms with Gasteiger partial charge < -0.3 is 15.0 Å².